The van der Waals surface area contributed by atoms with E-state index in [1.807, 2.05) is 37.3 Å². The second-order valence-corrected chi connectivity index (χ2v) is 7.52. The number of hydrogen-bond acceptors (Lipinski definition) is 4. The smallest absolute Gasteiger partial charge is 0.150 e. The molecule has 4 aromatic rings. The number of halogens is 1. The van der Waals surface area contributed by atoms with E-state index < -0.39 is 0 Å². The van der Waals surface area contributed by atoms with Crippen LogP contribution in [0.15, 0.2) is 71.6 Å². The highest BCUT2D eigenvalue weighted by molar-refractivity contribution is 9.10. The van der Waals surface area contributed by atoms with Gasteiger partial charge >= 0.3 is 0 Å². The minimum Gasteiger partial charge on any atom is -0.394 e. The topological polar surface area (TPSA) is 63.0 Å². The molecule has 6 heteroatoms. The van der Waals surface area contributed by atoms with Crippen LogP contribution in [0.5, 0.6) is 0 Å². The van der Waals surface area contributed by atoms with Gasteiger partial charge in [0, 0.05) is 21.9 Å². The summed E-state index contributed by atoms with van der Waals surface area (Å²) in [6.07, 6.45) is 4.47. The Morgan fingerprint density at radius 3 is 2.50 bits per heavy atom. The van der Waals surface area contributed by atoms with Gasteiger partial charge in [-0.1, -0.05) is 53.2 Å². The van der Waals surface area contributed by atoms with Crippen molar-refractivity contribution in [1.82, 2.24) is 14.5 Å². The van der Waals surface area contributed by atoms with Crippen molar-refractivity contribution in [3.8, 4) is 16.8 Å². The van der Waals surface area contributed by atoms with Gasteiger partial charge in [-0.2, -0.15) is 0 Å². The summed E-state index contributed by atoms with van der Waals surface area (Å²) in [4.78, 5) is 9.08. The molecule has 0 aliphatic carbocycles. The van der Waals surface area contributed by atoms with Crippen LogP contribution in [0, 0.1) is 0 Å². The van der Waals surface area contributed by atoms with Crippen LogP contribution in [0.1, 0.15) is 13.3 Å². The summed E-state index contributed by atoms with van der Waals surface area (Å²) in [7, 11) is 0. The molecule has 142 valence electrons. The van der Waals surface area contributed by atoms with Crippen molar-refractivity contribution >= 4 is 32.8 Å². The molecule has 2 aromatic carbocycles. The van der Waals surface area contributed by atoms with Gasteiger partial charge in [-0.25, -0.2) is 9.97 Å². The van der Waals surface area contributed by atoms with E-state index in [-0.39, 0.29) is 12.6 Å². The van der Waals surface area contributed by atoms with Gasteiger partial charge < -0.3 is 15.0 Å². The Morgan fingerprint density at radius 1 is 1.07 bits per heavy atom. The van der Waals surface area contributed by atoms with Crippen molar-refractivity contribution in [1.29, 1.82) is 0 Å². The third kappa shape index (κ3) is 3.53. The van der Waals surface area contributed by atoms with E-state index in [0.29, 0.717) is 0 Å². The number of benzene rings is 2. The van der Waals surface area contributed by atoms with Crippen molar-refractivity contribution in [2.45, 2.75) is 19.4 Å². The molecule has 0 aliphatic heterocycles. The molecule has 5 nitrogen and oxygen atoms in total. The Hall–Kier alpha value is -2.70. The van der Waals surface area contributed by atoms with E-state index in [1.54, 1.807) is 6.33 Å². The highest BCUT2D eigenvalue weighted by Crippen LogP contribution is 2.35. The number of rotatable bonds is 6. The summed E-state index contributed by atoms with van der Waals surface area (Å²) in [5, 5.41) is 14.0. The van der Waals surface area contributed by atoms with Crippen molar-refractivity contribution in [2.24, 2.45) is 0 Å². The number of aliphatic hydroxyl groups excluding tert-OH is 1. The third-order valence-electron chi connectivity index (χ3n) is 4.83. The Bertz CT molecular complexity index is 1070. The molecular weight excluding hydrogens is 416 g/mol. The SMILES string of the molecule is CCC(CO)Nc1ncnc2c1c(-c1ccccc1)cn2-c1ccc(Br)cc1. The summed E-state index contributed by atoms with van der Waals surface area (Å²) >= 11 is 3.50. The predicted molar refractivity (Wildman–Crippen MR) is 117 cm³/mol. The zero-order valence-electron chi connectivity index (χ0n) is 15.5. The average Bonchev–Trinajstić information content (AvgIpc) is 3.14. The van der Waals surface area contributed by atoms with E-state index in [1.165, 1.54) is 0 Å². The van der Waals surface area contributed by atoms with Crippen LogP contribution >= 0.6 is 15.9 Å². The standard InChI is InChI=1S/C22H21BrN4O/c1-2-17(13-28)26-21-20-19(15-6-4-3-5-7-15)12-27(22(20)25-14-24-21)18-10-8-16(23)9-11-18/h3-12,14,17,28H,2,13H2,1H3,(H,24,25,26). The Kier molecular flexibility index (Phi) is 5.41. The summed E-state index contributed by atoms with van der Waals surface area (Å²) in [6, 6.07) is 18.3. The van der Waals surface area contributed by atoms with Crippen molar-refractivity contribution in [3.05, 3.63) is 71.6 Å². The number of aromatic nitrogens is 3. The summed E-state index contributed by atoms with van der Waals surface area (Å²) < 4.78 is 3.11. The van der Waals surface area contributed by atoms with Gasteiger partial charge in [0.25, 0.3) is 0 Å². The molecule has 28 heavy (non-hydrogen) atoms. The molecule has 0 radical (unpaired) electrons. The third-order valence-corrected chi connectivity index (χ3v) is 5.36. The van der Waals surface area contributed by atoms with Crippen LogP contribution in [0.3, 0.4) is 0 Å². The lowest BCUT2D eigenvalue weighted by Gasteiger charge is -2.16. The van der Waals surface area contributed by atoms with E-state index in [9.17, 15) is 5.11 Å². The molecule has 2 heterocycles. The van der Waals surface area contributed by atoms with Gasteiger partial charge in [0.1, 0.15) is 12.1 Å². The highest BCUT2D eigenvalue weighted by atomic mass is 79.9. The first-order chi connectivity index (χ1) is 13.7. The minimum absolute atomic E-state index is 0.0517. The molecule has 2 N–H and O–H groups in total. The highest BCUT2D eigenvalue weighted by Gasteiger charge is 2.18. The molecule has 4 rings (SSSR count). The van der Waals surface area contributed by atoms with Crippen LogP contribution < -0.4 is 5.32 Å². The molecule has 0 amide bonds. The summed E-state index contributed by atoms with van der Waals surface area (Å²) in [5.74, 6) is 0.737. The zero-order valence-corrected chi connectivity index (χ0v) is 17.1. The number of fused-ring (bicyclic) bond motifs is 1. The maximum Gasteiger partial charge on any atom is 0.150 e. The molecule has 2 aromatic heterocycles. The first-order valence-corrected chi connectivity index (χ1v) is 10.1. The van der Waals surface area contributed by atoms with E-state index in [0.717, 1.165) is 44.6 Å². The molecule has 0 spiro atoms. The van der Waals surface area contributed by atoms with Gasteiger partial charge in [-0.15, -0.1) is 0 Å². The molecule has 0 saturated heterocycles. The maximum absolute atomic E-state index is 9.64. The lowest BCUT2D eigenvalue weighted by atomic mass is 10.1. The van der Waals surface area contributed by atoms with Gasteiger partial charge in [-0.05, 0) is 36.2 Å². The molecule has 0 saturated carbocycles. The van der Waals surface area contributed by atoms with Crippen LogP contribution in [0.25, 0.3) is 27.8 Å². The maximum atomic E-state index is 9.64. The van der Waals surface area contributed by atoms with Crippen molar-refractivity contribution in [2.75, 3.05) is 11.9 Å². The lowest BCUT2D eigenvalue weighted by Crippen LogP contribution is -2.23. The van der Waals surface area contributed by atoms with E-state index in [4.69, 9.17) is 0 Å². The fourth-order valence-electron chi connectivity index (χ4n) is 3.28. The molecule has 0 fully saturated rings. The van der Waals surface area contributed by atoms with Crippen molar-refractivity contribution in [3.63, 3.8) is 0 Å². The molecule has 1 atom stereocenters. The normalized spacial score (nSPS) is 12.2. The number of hydrogen-bond donors (Lipinski definition) is 2. The largest absolute Gasteiger partial charge is 0.394 e. The van der Waals surface area contributed by atoms with Gasteiger partial charge in [0.2, 0.25) is 0 Å². The Labute approximate surface area is 172 Å². The van der Waals surface area contributed by atoms with Crippen LogP contribution in [-0.2, 0) is 0 Å². The van der Waals surface area contributed by atoms with E-state index >= 15 is 0 Å². The number of aliphatic hydroxyl groups is 1. The van der Waals surface area contributed by atoms with Gasteiger partial charge in [-0.3, -0.25) is 0 Å². The molecule has 0 aliphatic rings. The molecule has 1 unspecified atom stereocenters. The first-order valence-electron chi connectivity index (χ1n) is 9.26. The number of anilines is 1. The van der Waals surface area contributed by atoms with Gasteiger partial charge in [0.15, 0.2) is 5.65 Å². The summed E-state index contributed by atoms with van der Waals surface area (Å²) in [6.45, 7) is 2.09. The fraction of sp³-hybridized carbons (Fsp3) is 0.182. The molecule has 0 bridgehead atoms. The zero-order chi connectivity index (χ0) is 19.5. The quantitative estimate of drug-likeness (QED) is 0.444. The number of nitrogens with zero attached hydrogens (tertiary/aromatic N) is 3. The van der Waals surface area contributed by atoms with E-state index in [2.05, 4.69) is 66.2 Å². The Balaban J connectivity index is 1.96. The summed E-state index contributed by atoms with van der Waals surface area (Å²) in [5.41, 5.74) is 3.99. The molecular formula is C22H21BrN4O. The second kappa shape index (κ2) is 8.12. The minimum atomic E-state index is -0.0576. The second-order valence-electron chi connectivity index (χ2n) is 6.61. The van der Waals surface area contributed by atoms with Crippen LogP contribution in [0.2, 0.25) is 0 Å². The first kappa shape index (κ1) is 18.7. The number of nitrogens with one attached hydrogen (secondary N) is 1. The Morgan fingerprint density at radius 2 is 1.82 bits per heavy atom. The monoisotopic (exact) mass is 436 g/mol. The fourth-order valence-corrected chi connectivity index (χ4v) is 3.54. The van der Waals surface area contributed by atoms with Crippen LogP contribution in [0.4, 0.5) is 5.82 Å². The predicted octanol–water partition coefficient (Wildman–Crippen LogP) is 5.03. The van der Waals surface area contributed by atoms with Crippen molar-refractivity contribution < 1.29 is 5.11 Å². The average molecular weight is 437 g/mol. The van der Waals surface area contributed by atoms with Gasteiger partial charge in [0.05, 0.1) is 18.0 Å². The lowest BCUT2D eigenvalue weighted by molar-refractivity contribution is 0.271. The van der Waals surface area contributed by atoms with Crippen LogP contribution in [-0.4, -0.2) is 32.3 Å².